The first-order valence-corrected chi connectivity index (χ1v) is 10.5. The number of fused-ring (bicyclic) bond motifs is 1. The summed E-state index contributed by atoms with van der Waals surface area (Å²) in [6.07, 6.45) is 6.31. The van der Waals surface area contributed by atoms with Crippen LogP contribution in [0.1, 0.15) is 49.0 Å². The highest BCUT2D eigenvalue weighted by atomic mass is 19.1. The van der Waals surface area contributed by atoms with E-state index in [1.54, 1.807) is 16.7 Å². The van der Waals surface area contributed by atoms with Crippen LogP contribution in [0.15, 0.2) is 36.8 Å². The number of hydrogen-bond donors (Lipinski definition) is 3. The highest BCUT2D eigenvalue weighted by Gasteiger charge is 2.28. The summed E-state index contributed by atoms with van der Waals surface area (Å²) in [5.74, 6) is 0.0994. The van der Waals surface area contributed by atoms with E-state index in [1.165, 1.54) is 26.2 Å². The second kappa shape index (κ2) is 8.55. The summed E-state index contributed by atoms with van der Waals surface area (Å²) in [6, 6.07) is 7.72. The van der Waals surface area contributed by atoms with Gasteiger partial charge in [0.15, 0.2) is 0 Å². The van der Waals surface area contributed by atoms with Gasteiger partial charge in [-0.3, -0.25) is 9.36 Å². The third kappa shape index (κ3) is 4.41. The van der Waals surface area contributed by atoms with Crippen LogP contribution in [0.3, 0.4) is 0 Å². The molecule has 3 aromatic rings. The number of pyridine rings is 2. The number of rotatable bonds is 7. The molecule has 3 aromatic heterocycles. The topological polar surface area (TPSA) is 116 Å². The molecule has 1 fully saturated rings. The van der Waals surface area contributed by atoms with Gasteiger partial charge in [-0.25, -0.2) is 14.4 Å². The van der Waals surface area contributed by atoms with Crippen LogP contribution in [0.5, 0.6) is 0 Å². The van der Waals surface area contributed by atoms with Gasteiger partial charge < -0.3 is 15.7 Å². The summed E-state index contributed by atoms with van der Waals surface area (Å²) in [4.78, 5) is 21.6. The van der Waals surface area contributed by atoms with Gasteiger partial charge in [0.1, 0.15) is 23.7 Å². The molecule has 0 aliphatic heterocycles. The molecule has 1 saturated carbocycles. The highest BCUT2D eigenvalue weighted by Crippen LogP contribution is 2.28. The molecule has 1 unspecified atom stereocenters. The van der Waals surface area contributed by atoms with Crippen LogP contribution in [-0.2, 0) is 0 Å². The summed E-state index contributed by atoms with van der Waals surface area (Å²) in [6.45, 7) is 2.41. The molecular weight excluding hydrogens is 411 g/mol. The van der Waals surface area contributed by atoms with E-state index in [1.807, 2.05) is 12.3 Å². The number of aromatic nitrogens is 3. The maximum Gasteiger partial charge on any atom is 0.255 e. The summed E-state index contributed by atoms with van der Waals surface area (Å²) >= 11 is 0. The molecule has 0 aromatic carbocycles. The van der Waals surface area contributed by atoms with E-state index in [2.05, 4.69) is 26.7 Å². The predicted molar refractivity (Wildman–Crippen MR) is 118 cm³/mol. The highest BCUT2D eigenvalue weighted by molar-refractivity contribution is 5.99. The Bertz CT molecular complexity index is 1190. The Morgan fingerprint density at radius 3 is 2.81 bits per heavy atom. The summed E-state index contributed by atoms with van der Waals surface area (Å²) in [7, 11) is 0. The van der Waals surface area contributed by atoms with Crippen molar-refractivity contribution in [3.05, 3.63) is 47.9 Å². The van der Waals surface area contributed by atoms with Crippen LogP contribution in [0.2, 0.25) is 0 Å². The van der Waals surface area contributed by atoms with Crippen molar-refractivity contribution >= 4 is 22.6 Å². The van der Waals surface area contributed by atoms with Gasteiger partial charge >= 0.3 is 0 Å². The molecule has 1 aliphatic carbocycles. The lowest BCUT2D eigenvalue weighted by molar-refractivity contribution is -0.00177. The van der Waals surface area contributed by atoms with Crippen molar-refractivity contribution in [3.63, 3.8) is 0 Å². The Balaban J connectivity index is 1.64. The number of halogens is 1. The predicted octanol–water partition coefficient (Wildman–Crippen LogP) is 3.10. The third-order valence-corrected chi connectivity index (χ3v) is 5.71. The minimum Gasteiger partial charge on any atom is -0.387 e. The van der Waals surface area contributed by atoms with E-state index in [-0.39, 0.29) is 12.6 Å². The number of amides is 1. The molecule has 9 heteroatoms. The van der Waals surface area contributed by atoms with Gasteiger partial charge in [-0.15, -0.1) is 0 Å². The molecule has 1 aliphatic rings. The maximum atomic E-state index is 14.1. The molecule has 0 radical (unpaired) electrons. The standard InChI is InChI=1S/C23H25FN6O2/c1-23(2,32)19(24)13-28-22(31)17-12-26-20(9-18(17)29-16-4-3-5-16)30-7-6-15-8-14(10-25)11-27-21(15)30/h6-9,11-12,16,19,32H,3-5,13H2,1-2H3,(H,26,29)(H,28,31). The Morgan fingerprint density at radius 1 is 1.38 bits per heavy atom. The molecule has 8 nitrogen and oxygen atoms in total. The van der Waals surface area contributed by atoms with Gasteiger partial charge in [0, 0.05) is 36.1 Å². The summed E-state index contributed by atoms with van der Waals surface area (Å²) in [5.41, 5.74) is 0.482. The largest absolute Gasteiger partial charge is 0.387 e. The second-order valence-corrected chi connectivity index (χ2v) is 8.63. The Kier molecular flexibility index (Phi) is 5.80. The van der Waals surface area contributed by atoms with Crippen molar-refractivity contribution in [2.45, 2.75) is 50.9 Å². The molecule has 3 N–H and O–H groups in total. The zero-order chi connectivity index (χ0) is 22.9. The molecule has 0 spiro atoms. The van der Waals surface area contributed by atoms with E-state index in [0.29, 0.717) is 28.3 Å². The number of aliphatic hydroxyl groups is 1. The lowest BCUT2D eigenvalue weighted by Crippen LogP contribution is -2.42. The van der Waals surface area contributed by atoms with Gasteiger partial charge in [-0.05, 0) is 45.2 Å². The minimum absolute atomic E-state index is 0.264. The van der Waals surface area contributed by atoms with Gasteiger partial charge in [-0.2, -0.15) is 5.26 Å². The van der Waals surface area contributed by atoms with Crippen molar-refractivity contribution in [2.24, 2.45) is 0 Å². The lowest BCUT2D eigenvalue weighted by atomic mass is 9.92. The lowest BCUT2D eigenvalue weighted by Gasteiger charge is -2.28. The third-order valence-electron chi connectivity index (χ3n) is 5.71. The SMILES string of the molecule is CC(C)(O)C(F)CNC(=O)c1cnc(-n2ccc3cc(C#N)cnc32)cc1NC1CCC1. The summed E-state index contributed by atoms with van der Waals surface area (Å²) < 4.78 is 15.9. The van der Waals surface area contributed by atoms with Crippen LogP contribution in [-0.4, -0.2) is 49.9 Å². The average molecular weight is 436 g/mol. The molecule has 4 rings (SSSR count). The normalized spacial score (nSPS) is 15.1. The molecule has 1 atom stereocenters. The first-order chi connectivity index (χ1) is 15.3. The minimum atomic E-state index is -1.60. The van der Waals surface area contributed by atoms with Crippen LogP contribution in [0, 0.1) is 11.3 Å². The number of hydrogen-bond acceptors (Lipinski definition) is 6. The smallest absolute Gasteiger partial charge is 0.255 e. The number of nitriles is 1. The van der Waals surface area contributed by atoms with E-state index < -0.39 is 17.7 Å². The maximum absolute atomic E-state index is 14.1. The fourth-order valence-corrected chi connectivity index (χ4v) is 3.45. The average Bonchev–Trinajstić information content (AvgIpc) is 3.16. The van der Waals surface area contributed by atoms with Gasteiger partial charge in [0.05, 0.1) is 29.0 Å². The second-order valence-electron chi connectivity index (χ2n) is 8.63. The van der Waals surface area contributed by atoms with Crippen molar-refractivity contribution in [1.82, 2.24) is 19.9 Å². The number of carbonyl (C=O) groups excluding carboxylic acids is 1. The van der Waals surface area contributed by atoms with Crippen molar-refractivity contribution < 1.29 is 14.3 Å². The van der Waals surface area contributed by atoms with E-state index in [4.69, 9.17) is 5.26 Å². The molecule has 0 bridgehead atoms. The van der Waals surface area contributed by atoms with Crippen LogP contribution in [0.25, 0.3) is 16.9 Å². The first kappa shape index (κ1) is 21.7. The molecule has 1 amide bonds. The van der Waals surface area contributed by atoms with Gasteiger partial charge in [-0.1, -0.05) is 0 Å². The van der Waals surface area contributed by atoms with Crippen LogP contribution < -0.4 is 10.6 Å². The monoisotopic (exact) mass is 436 g/mol. The Hall–Kier alpha value is -3.51. The number of anilines is 1. The molecule has 166 valence electrons. The van der Waals surface area contributed by atoms with Crippen molar-refractivity contribution in [3.8, 4) is 11.9 Å². The molecular formula is C23H25FN6O2. The van der Waals surface area contributed by atoms with Gasteiger partial charge in [0.2, 0.25) is 0 Å². The molecule has 0 saturated heterocycles. The quantitative estimate of drug-likeness (QED) is 0.524. The van der Waals surface area contributed by atoms with Gasteiger partial charge in [0.25, 0.3) is 5.91 Å². The Morgan fingerprint density at radius 2 is 2.16 bits per heavy atom. The van der Waals surface area contributed by atoms with E-state index >= 15 is 0 Å². The number of alkyl halides is 1. The van der Waals surface area contributed by atoms with E-state index in [0.717, 1.165) is 24.6 Å². The number of carbonyl (C=O) groups is 1. The zero-order valence-corrected chi connectivity index (χ0v) is 18.0. The number of nitrogens with zero attached hydrogens (tertiary/aromatic N) is 4. The molecule has 3 heterocycles. The van der Waals surface area contributed by atoms with Crippen molar-refractivity contribution in [2.75, 3.05) is 11.9 Å². The van der Waals surface area contributed by atoms with Crippen molar-refractivity contribution in [1.29, 1.82) is 5.26 Å². The fourth-order valence-electron chi connectivity index (χ4n) is 3.45. The fraction of sp³-hybridized carbons (Fsp3) is 0.391. The molecule has 32 heavy (non-hydrogen) atoms. The Labute approximate surface area is 185 Å². The zero-order valence-electron chi connectivity index (χ0n) is 18.0. The van der Waals surface area contributed by atoms with Crippen LogP contribution >= 0.6 is 0 Å². The first-order valence-electron chi connectivity index (χ1n) is 10.5. The van der Waals surface area contributed by atoms with Crippen LogP contribution in [0.4, 0.5) is 10.1 Å². The summed E-state index contributed by atoms with van der Waals surface area (Å²) in [5, 5.41) is 25.6. The number of nitrogens with one attached hydrogen (secondary N) is 2. The van der Waals surface area contributed by atoms with E-state index in [9.17, 15) is 14.3 Å².